The molecule has 2 aromatic carbocycles. The maximum Gasteiger partial charge on any atom is 0.155 e. The Labute approximate surface area is 144 Å². The normalized spacial score (nSPS) is 10.7. The van der Waals surface area contributed by atoms with Gasteiger partial charge in [0.05, 0.1) is 17.2 Å². The van der Waals surface area contributed by atoms with E-state index in [-0.39, 0.29) is 0 Å². The number of benzene rings is 2. The van der Waals surface area contributed by atoms with E-state index in [0.717, 1.165) is 17.5 Å². The molecule has 4 heteroatoms. The lowest BCUT2D eigenvalue weighted by atomic mass is 10.0. The van der Waals surface area contributed by atoms with Crippen molar-refractivity contribution >= 4 is 33.0 Å². The van der Waals surface area contributed by atoms with Crippen molar-refractivity contribution in [3.63, 3.8) is 0 Å². The zero-order chi connectivity index (χ0) is 16.4. The molecule has 0 radical (unpaired) electrons. The number of hydrogen-bond donors (Lipinski definition) is 0. The largest absolute Gasteiger partial charge is 0.491 e. The minimum Gasteiger partial charge on any atom is -0.491 e. The quantitative estimate of drug-likeness (QED) is 0.566. The fourth-order valence-corrected chi connectivity index (χ4v) is 3.88. The van der Waals surface area contributed by atoms with Crippen LogP contribution < -0.4 is 4.74 Å². The third kappa shape index (κ3) is 3.06. The van der Waals surface area contributed by atoms with Gasteiger partial charge in [0.15, 0.2) is 5.75 Å². The summed E-state index contributed by atoms with van der Waals surface area (Å²) in [7, 11) is 0. The van der Waals surface area contributed by atoms with Crippen molar-refractivity contribution in [1.29, 1.82) is 5.26 Å². The Morgan fingerprint density at radius 1 is 1.26 bits per heavy atom. The fraction of sp³-hybridized carbons (Fsp3) is 0.211. The Morgan fingerprint density at radius 2 is 2.09 bits per heavy atom. The van der Waals surface area contributed by atoms with Gasteiger partial charge in [0.1, 0.15) is 6.07 Å². The molecular weight excluding hydrogens is 326 g/mol. The lowest BCUT2D eigenvalue weighted by Crippen LogP contribution is -1.98. The molecule has 0 spiro atoms. The van der Waals surface area contributed by atoms with E-state index >= 15 is 0 Å². The lowest BCUT2D eigenvalue weighted by Gasteiger charge is -2.11. The Kier molecular flexibility index (Phi) is 4.56. The molecule has 3 aromatic rings. The molecule has 23 heavy (non-hydrogen) atoms. The van der Waals surface area contributed by atoms with E-state index in [4.69, 9.17) is 16.3 Å². The lowest BCUT2D eigenvalue weighted by molar-refractivity contribution is 0.317. The second kappa shape index (κ2) is 6.62. The Bertz CT molecular complexity index is 908. The van der Waals surface area contributed by atoms with Crippen LogP contribution in [-0.4, -0.2) is 6.61 Å². The summed E-state index contributed by atoms with van der Waals surface area (Å²) in [6.45, 7) is 4.66. The summed E-state index contributed by atoms with van der Waals surface area (Å²) in [5, 5.41) is 13.2. The van der Waals surface area contributed by atoms with Gasteiger partial charge >= 0.3 is 0 Å². The molecule has 0 amide bonds. The van der Waals surface area contributed by atoms with Crippen LogP contribution in [0, 0.1) is 18.3 Å². The molecule has 0 atom stereocenters. The molecular formula is C19H16ClNOS. The van der Waals surface area contributed by atoms with E-state index in [9.17, 15) is 5.26 Å². The van der Waals surface area contributed by atoms with Gasteiger partial charge in [-0.05, 0) is 48.1 Å². The average Bonchev–Trinajstić information content (AvgIpc) is 2.96. The Hall–Kier alpha value is -2.02. The van der Waals surface area contributed by atoms with Gasteiger partial charge in [0.2, 0.25) is 0 Å². The summed E-state index contributed by atoms with van der Waals surface area (Å²) in [6, 6.07) is 12.3. The first kappa shape index (κ1) is 15.9. The number of nitriles is 1. The maximum absolute atomic E-state index is 9.43. The van der Waals surface area contributed by atoms with Crippen LogP contribution in [0.25, 0.3) is 21.2 Å². The molecule has 0 saturated heterocycles. The molecule has 0 bridgehead atoms. The van der Waals surface area contributed by atoms with E-state index in [1.165, 1.54) is 15.6 Å². The summed E-state index contributed by atoms with van der Waals surface area (Å²) >= 11 is 8.07. The summed E-state index contributed by atoms with van der Waals surface area (Å²) in [4.78, 5) is 0. The minimum absolute atomic E-state index is 0.479. The summed E-state index contributed by atoms with van der Waals surface area (Å²) in [5.74, 6) is 0.482. The third-order valence-corrected chi connectivity index (χ3v) is 4.88. The van der Waals surface area contributed by atoms with Gasteiger partial charge in [0, 0.05) is 15.6 Å². The highest BCUT2D eigenvalue weighted by Crippen LogP contribution is 2.39. The van der Waals surface area contributed by atoms with Gasteiger partial charge in [-0.2, -0.15) is 5.26 Å². The predicted molar refractivity (Wildman–Crippen MR) is 97.5 cm³/mol. The highest BCUT2D eigenvalue weighted by molar-refractivity contribution is 7.17. The van der Waals surface area contributed by atoms with E-state index in [1.807, 2.05) is 19.1 Å². The first-order valence-electron chi connectivity index (χ1n) is 7.48. The highest BCUT2D eigenvalue weighted by atomic mass is 35.5. The van der Waals surface area contributed by atoms with Crippen molar-refractivity contribution in [2.75, 3.05) is 6.61 Å². The minimum atomic E-state index is 0.479. The zero-order valence-corrected chi connectivity index (χ0v) is 14.6. The fourth-order valence-electron chi connectivity index (χ4n) is 2.54. The van der Waals surface area contributed by atoms with Crippen LogP contribution in [0.3, 0.4) is 0 Å². The molecule has 2 nitrogen and oxygen atoms in total. The van der Waals surface area contributed by atoms with Crippen LogP contribution in [0.5, 0.6) is 5.75 Å². The summed E-state index contributed by atoms with van der Waals surface area (Å²) < 4.78 is 6.87. The van der Waals surface area contributed by atoms with Crippen molar-refractivity contribution in [3.05, 3.63) is 51.9 Å². The third-order valence-electron chi connectivity index (χ3n) is 3.66. The molecule has 0 unspecified atom stereocenters. The van der Waals surface area contributed by atoms with E-state index < -0.39 is 0 Å². The van der Waals surface area contributed by atoms with Crippen LogP contribution in [-0.2, 0) is 0 Å². The van der Waals surface area contributed by atoms with Crippen molar-refractivity contribution in [2.45, 2.75) is 20.3 Å². The van der Waals surface area contributed by atoms with Gasteiger partial charge in [0.25, 0.3) is 0 Å². The van der Waals surface area contributed by atoms with Crippen LogP contribution in [0.15, 0.2) is 35.7 Å². The summed E-state index contributed by atoms with van der Waals surface area (Å²) in [5.41, 5.74) is 3.77. The van der Waals surface area contributed by atoms with Crippen LogP contribution in [0.4, 0.5) is 0 Å². The molecule has 1 heterocycles. The van der Waals surface area contributed by atoms with Gasteiger partial charge in [-0.3, -0.25) is 0 Å². The number of rotatable bonds is 4. The van der Waals surface area contributed by atoms with Crippen LogP contribution in [0.2, 0.25) is 5.02 Å². The molecule has 1 aromatic heterocycles. The second-order valence-corrected chi connectivity index (χ2v) is 6.76. The van der Waals surface area contributed by atoms with Crippen LogP contribution in [0.1, 0.15) is 24.5 Å². The first-order valence-corrected chi connectivity index (χ1v) is 8.74. The van der Waals surface area contributed by atoms with Gasteiger partial charge in [-0.1, -0.05) is 30.7 Å². The zero-order valence-electron chi connectivity index (χ0n) is 13.0. The van der Waals surface area contributed by atoms with Gasteiger partial charge < -0.3 is 4.74 Å². The number of nitrogens with zero attached hydrogens (tertiary/aromatic N) is 1. The standard InChI is InChI=1S/C19H16ClNOS/c1-3-6-22-19-14(10-21)8-13(9-17(19)20)16-11-23-18-7-12(2)4-5-15(16)18/h4-5,7-9,11H,3,6H2,1-2H3. The number of thiophene rings is 1. The van der Waals surface area contributed by atoms with Crippen molar-refractivity contribution in [3.8, 4) is 22.9 Å². The first-order chi connectivity index (χ1) is 11.1. The maximum atomic E-state index is 9.43. The number of ether oxygens (including phenoxy) is 1. The predicted octanol–water partition coefficient (Wildman–Crippen LogP) is 6.19. The van der Waals surface area contributed by atoms with E-state index in [0.29, 0.717) is 22.9 Å². The monoisotopic (exact) mass is 341 g/mol. The number of halogens is 1. The Balaban J connectivity index is 2.12. The molecule has 116 valence electrons. The number of hydrogen-bond acceptors (Lipinski definition) is 3. The summed E-state index contributed by atoms with van der Waals surface area (Å²) in [6.07, 6.45) is 0.872. The van der Waals surface area contributed by atoms with Crippen molar-refractivity contribution in [2.24, 2.45) is 0 Å². The van der Waals surface area contributed by atoms with Gasteiger partial charge in [-0.25, -0.2) is 0 Å². The molecule has 0 fully saturated rings. The van der Waals surface area contributed by atoms with Crippen molar-refractivity contribution in [1.82, 2.24) is 0 Å². The molecule has 3 rings (SSSR count). The van der Waals surface area contributed by atoms with Crippen molar-refractivity contribution < 1.29 is 4.74 Å². The SMILES string of the molecule is CCCOc1c(Cl)cc(-c2csc3cc(C)ccc23)cc1C#N. The molecule has 0 aliphatic heterocycles. The second-order valence-electron chi connectivity index (χ2n) is 5.44. The topological polar surface area (TPSA) is 33.0 Å². The molecule has 0 aliphatic carbocycles. The van der Waals surface area contributed by atoms with Crippen LogP contribution >= 0.6 is 22.9 Å². The van der Waals surface area contributed by atoms with E-state index in [2.05, 4.69) is 36.6 Å². The average molecular weight is 342 g/mol. The smallest absolute Gasteiger partial charge is 0.155 e. The molecule has 0 saturated carbocycles. The number of fused-ring (bicyclic) bond motifs is 1. The molecule has 0 aliphatic rings. The van der Waals surface area contributed by atoms with Gasteiger partial charge in [-0.15, -0.1) is 11.3 Å². The molecule has 0 N–H and O–H groups in total. The Morgan fingerprint density at radius 3 is 2.83 bits per heavy atom. The number of aryl methyl sites for hydroxylation is 1. The highest BCUT2D eigenvalue weighted by Gasteiger charge is 2.14. The van der Waals surface area contributed by atoms with E-state index in [1.54, 1.807) is 11.3 Å².